The number of hydrogen-bond donors (Lipinski definition) is 1. The van der Waals surface area contributed by atoms with E-state index in [1.54, 1.807) is 0 Å². The third kappa shape index (κ3) is 4.75. The fourth-order valence-electron chi connectivity index (χ4n) is 1.67. The molecule has 1 unspecified atom stereocenters. The first-order valence-electron chi connectivity index (χ1n) is 5.45. The molecule has 1 N–H and O–H groups in total. The van der Waals surface area contributed by atoms with Crippen molar-refractivity contribution in [2.24, 2.45) is 5.92 Å². The van der Waals surface area contributed by atoms with Crippen LogP contribution in [0.1, 0.15) is 17.5 Å². The Morgan fingerprint density at radius 3 is 2.20 bits per heavy atom. The molecule has 0 heterocycles. The summed E-state index contributed by atoms with van der Waals surface area (Å²) in [5.74, 6) is -3.87. The Morgan fingerprint density at radius 1 is 1.15 bits per heavy atom. The topological polar surface area (TPSA) is 37.3 Å². The van der Waals surface area contributed by atoms with Crippen LogP contribution >= 0.6 is 0 Å². The average molecular weight is 300 g/mol. The Kier molecular flexibility index (Phi) is 4.67. The van der Waals surface area contributed by atoms with E-state index in [1.807, 2.05) is 0 Å². The summed E-state index contributed by atoms with van der Waals surface area (Å²) in [4.78, 5) is 10.4. The lowest BCUT2D eigenvalue weighted by Crippen LogP contribution is -2.27. The maximum atomic E-state index is 12.6. The van der Waals surface area contributed by atoms with E-state index in [0.717, 1.165) is 18.2 Å². The standard InChI is InChI=1S/C12H10F6O2/c13-11(14,15)8-3-1-2-7(4-8)5-9(6-10(19)20)12(16,17)18/h1-4,9H,5-6H2,(H,19,20). The normalized spacial score (nSPS) is 14.1. The number of carboxylic acid groups (broad SMARTS) is 1. The van der Waals surface area contributed by atoms with Crippen molar-refractivity contribution in [1.82, 2.24) is 0 Å². The molecule has 1 rings (SSSR count). The van der Waals surface area contributed by atoms with Gasteiger partial charge in [0.15, 0.2) is 0 Å². The molecule has 0 aromatic heterocycles. The minimum Gasteiger partial charge on any atom is -0.481 e. The van der Waals surface area contributed by atoms with E-state index >= 15 is 0 Å². The van der Waals surface area contributed by atoms with Crippen LogP contribution in [0.3, 0.4) is 0 Å². The van der Waals surface area contributed by atoms with Gasteiger partial charge < -0.3 is 5.11 Å². The van der Waals surface area contributed by atoms with Gasteiger partial charge in [-0.3, -0.25) is 4.79 Å². The fraction of sp³-hybridized carbons (Fsp3) is 0.417. The van der Waals surface area contributed by atoms with Crippen LogP contribution in [-0.2, 0) is 17.4 Å². The molecular formula is C12H10F6O2. The third-order valence-electron chi connectivity index (χ3n) is 2.62. The number of benzene rings is 1. The van der Waals surface area contributed by atoms with Gasteiger partial charge in [-0.15, -0.1) is 0 Å². The van der Waals surface area contributed by atoms with Gasteiger partial charge in [-0.25, -0.2) is 0 Å². The Labute approximate surface area is 110 Å². The van der Waals surface area contributed by atoms with E-state index in [4.69, 9.17) is 5.11 Å². The summed E-state index contributed by atoms with van der Waals surface area (Å²) in [6.45, 7) is 0. The molecule has 0 saturated heterocycles. The molecular weight excluding hydrogens is 290 g/mol. The lowest BCUT2D eigenvalue weighted by molar-refractivity contribution is -0.182. The number of carbonyl (C=O) groups is 1. The Balaban J connectivity index is 2.97. The third-order valence-corrected chi connectivity index (χ3v) is 2.62. The van der Waals surface area contributed by atoms with E-state index in [0.29, 0.717) is 6.07 Å². The largest absolute Gasteiger partial charge is 0.481 e. The molecule has 2 nitrogen and oxygen atoms in total. The van der Waals surface area contributed by atoms with Crippen molar-refractivity contribution in [3.8, 4) is 0 Å². The smallest absolute Gasteiger partial charge is 0.416 e. The van der Waals surface area contributed by atoms with Gasteiger partial charge in [0.25, 0.3) is 0 Å². The van der Waals surface area contributed by atoms with Crippen LogP contribution in [0.25, 0.3) is 0 Å². The molecule has 0 aliphatic heterocycles. The van der Waals surface area contributed by atoms with Crippen LogP contribution in [0.2, 0.25) is 0 Å². The highest BCUT2D eigenvalue weighted by Crippen LogP contribution is 2.34. The first-order chi connectivity index (χ1) is 9.00. The fourth-order valence-corrected chi connectivity index (χ4v) is 1.67. The molecule has 0 fully saturated rings. The minimum absolute atomic E-state index is 0.205. The monoisotopic (exact) mass is 300 g/mol. The molecule has 0 radical (unpaired) electrons. The van der Waals surface area contributed by atoms with Crippen LogP contribution in [0.15, 0.2) is 24.3 Å². The molecule has 1 aromatic rings. The highest BCUT2D eigenvalue weighted by molar-refractivity contribution is 5.67. The van der Waals surface area contributed by atoms with E-state index < -0.39 is 42.6 Å². The number of alkyl halides is 6. The first kappa shape index (κ1) is 16.3. The summed E-state index contributed by atoms with van der Waals surface area (Å²) >= 11 is 0. The zero-order valence-corrected chi connectivity index (χ0v) is 9.92. The van der Waals surface area contributed by atoms with Gasteiger partial charge in [0.2, 0.25) is 0 Å². The van der Waals surface area contributed by atoms with Gasteiger partial charge in [-0.2, -0.15) is 26.3 Å². The highest BCUT2D eigenvalue weighted by Gasteiger charge is 2.41. The second-order valence-corrected chi connectivity index (χ2v) is 4.24. The Bertz CT molecular complexity index is 478. The predicted molar refractivity (Wildman–Crippen MR) is 56.9 cm³/mol. The second-order valence-electron chi connectivity index (χ2n) is 4.24. The van der Waals surface area contributed by atoms with Gasteiger partial charge in [0.1, 0.15) is 0 Å². The quantitative estimate of drug-likeness (QED) is 0.856. The molecule has 8 heteroatoms. The van der Waals surface area contributed by atoms with Crippen LogP contribution in [-0.4, -0.2) is 17.3 Å². The molecule has 1 aromatic carbocycles. The SMILES string of the molecule is O=C(O)CC(Cc1cccc(C(F)(F)F)c1)C(F)(F)F. The predicted octanol–water partition coefficient (Wildman–Crippen LogP) is 3.90. The lowest BCUT2D eigenvalue weighted by Gasteiger charge is -2.19. The molecule has 112 valence electrons. The van der Waals surface area contributed by atoms with Gasteiger partial charge >= 0.3 is 18.3 Å². The molecule has 0 aliphatic carbocycles. The number of hydrogen-bond acceptors (Lipinski definition) is 1. The van der Waals surface area contributed by atoms with Gasteiger partial charge in [0, 0.05) is 0 Å². The van der Waals surface area contributed by atoms with Crippen LogP contribution in [0.4, 0.5) is 26.3 Å². The van der Waals surface area contributed by atoms with Crippen molar-refractivity contribution in [2.75, 3.05) is 0 Å². The van der Waals surface area contributed by atoms with Crippen LogP contribution in [0.5, 0.6) is 0 Å². The van der Waals surface area contributed by atoms with E-state index in [2.05, 4.69) is 0 Å². The number of rotatable bonds is 4. The highest BCUT2D eigenvalue weighted by atomic mass is 19.4. The molecule has 20 heavy (non-hydrogen) atoms. The van der Waals surface area contributed by atoms with Crippen molar-refractivity contribution in [3.05, 3.63) is 35.4 Å². The van der Waals surface area contributed by atoms with Gasteiger partial charge in [-0.05, 0) is 18.1 Å². The lowest BCUT2D eigenvalue weighted by atomic mass is 9.94. The molecule has 0 spiro atoms. The average Bonchev–Trinajstić information content (AvgIpc) is 2.25. The maximum absolute atomic E-state index is 12.6. The van der Waals surface area contributed by atoms with E-state index in [9.17, 15) is 31.1 Å². The number of aliphatic carboxylic acids is 1. The summed E-state index contributed by atoms with van der Waals surface area (Å²) in [7, 11) is 0. The maximum Gasteiger partial charge on any atom is 0.416 e. The van der Waals surface area contributed by atoms with Crippen molar-refractivity contribution in [2.45, 2.75) is 25.2 Å². The zero-order valence-electron chi connectivity index (χ0n) is 9.92. The van der Waals surface area contributed by atoms with Crippen molar-refractivity contribution < 1.29 is 36.2 Å². The van der Waals surface area contributed by atoms with Gasteiger partial charge in [-0.1, -0.05) is 18.2 Å². The van der Waals surface area contributed by atoms with E-state index in [1.165, 1.54) is 0 Å². The van der Waals surface area contributed by atoms with Crippen LogP contribution < -0.4 is 0 Å². The summed E-state index contributed by atoms with van der Waals surface area (Å²) in [5.41, 5.74) is -1.27. The number of carboxylic acids is 1. The Morgan fingerprint density at radius 2 is 1.75 bits per heavy atom. The van der Waals surface area contributed by atoms with Crippen molar-refractivity contribution in [3.63, 3.8) is 0 Å². The number of halogens is 6. The molecule has 1 atom stereocenters. The minimum atomic E-state index is -4.79. The summed E-state index contributed by atoms with van der Waals surface area (Å²) < 4.78 is 75.1. The van der Waals surface area contributed by atoms with Gasteiger partial charge in [0.05, 0.1) is 17.9 Å². The van der Waals surface area contributed by atoms with E-state index in [-0.39, 0.29) is 5.56 Å². The second kappa shape index (κ2) is 5.72. The van der Waals surface area contributed by atoms with Crippen molar-refractivity contribution in [1.29, 1.82) is 0 Å². The zero-order chi connectivity index (χ0) is 15.6. The molecule has 0 bridgehead atoms. The molecule has 0 amide bonds. The summed E-state index contributed by atoms with van der Waals surface area (Å²) in [6, 6.07) is 3.44. The summed E-state index contributed by atoms with van der Waals surface area (Å²) in [6.07, 6.45) is -11.4. The van der Waals surface area contributed by atoms with Crippen LogP contribution in [0, 0.1) is 5.92 Å². The first-order valence-corrected chi connectivity index (χ1v) is 5.45. The summed E-state index contributed by atoms with van der Waals surface area (Å²) in [5, 5.41) is 8.43. The Hall–Kier alpha value is -1.73. The molecule has 0 saturated carbocycles. The molecule has 0 aliphatic rings. The van der Waals surface area contributed by atoms with Crippen molar-refractivity contribution >= 4 is 5.97 Å².